The molecule has 0 heterocycles. The molecule has 1 aromatic rings. The van der Waals surface area contributed by atoms with Crippen molar-refractivity contribution in [1.29, 1.82) is 0 Å². The first-order valence-electron chi connectivity index (χ1n) is 4.49. The zero-order valence-electron chi connectivity index (χ0n) is 8.42. The molecule has 0 saturated heterocycles. The predicted octanol–water partition coefficient (Wildman–Crippen LogP) is 0.240. The number of carbonyl (C=O) groups is 1. The molecule has 5 heteroatoms. The van der Waals surface area contributed by atoms with Crippen LogP contribution < -0.4 is 10.6 Å². The smallest absolute Gasteiger partial charge is 0.322 e. The fraction of sp³-hybridized carbons (Fsp3) is 0.300. The van der Waals surface area contributed by atoms with Gasteiger partial charge < -0.3 is 20.8 Å². The minimum absolute atomic E-state index is 0.176. The average molecular weight is 210 g/mol. The van der Waals surface area contributed by atoms with Crippen LogP contribution in [-0.4, -0.2) is 35.8 Å². The maximum atomic E-state index is 10.5. The molecule has 0 amide bonds. The molecule has 4 N–H and O–H groups in total. The molecule has 15 heavy (non-hydrogen) atoms. The van der Waals surface area contributed by atoms with Crippen LogP contribution in [0.3, 0.4) is 0 Å². The lowest BCUT2D eigenvalue weighted by Crippen LogP contribution is -2.41. The van der Waals surface area contributed by atoms with Gasteiger partial charge in [0.2, 0.25) is 0 Å². The summed E-state index contributed by atoms with van der Waals surface area (Å²) in [6.45, 7) is 0.222. The van der Waals surface area contributed by atoms with Crippen molar-refractivity contribution in [2.24, 2.45) is 5.73 Å². The number of phenols is 1. The third-order valence-electron chi connectivity index (χ3n) is 2.08. The van der Waals surface area contributed by atoms with Gasteiger partial charge in [0.15, 0.2) is 0 Å². The van der Waals surface area contributed by atoms with E-state index in [1.807, 2.05) is 0 Å². The molecule has 5 nitrogen and oxygen atoms in total. The molecule has 0 spiro atoms. The van der Waals surface area contributed by atoms with E-state index in [0.717, 1.165) is 5.69 Å². The Morgan fingerprint density at radius 3 is 2.47 bits per heavy atom. The lowest BCUT2D eigenvalue weighted by atomic mass is 10.2. The van der Waals surface area contributed by atoms with E-state index in [0.29, 0.717) is 0 Å². The first-order chi connectivity index (χ1) is 7.00. The molecular weight excluding hydrogens is 196 g/mol. The number of likely N-dealkylation sites (N-methyl/N-ethyl adjacent to an activating group) is 1. The number of carboxylic acids is 1. The van der Waals surface area contributed by atoms with Crippen molar-refractivity contribution in [2.75, 3.05) is 18.5 Å². The molecule has 1 rings (SSSR count). The molecule has 0 aliphatic rings. The molecule has 0 radical (unpaired) electrons. The summed E-state index contributed by atoms with van der Waals surface area (Å²) in [5.74, 6) is -0.852. The number of nitrogens with zero attached hydrogens (tertiary/aromatic N) is 1. The van der Waals surface area contributed by atoms with Crippen LogP contribution in [0.5, 0.6) is 5.75 Å². The second-order valence-electron chi connectivity index (χ2n) is 3.34. The topological polar surface area (TPSA) is 86.8 Å². The van der Waals surface area contributed by atoms with Gasteiger partial charge in [0.1, 0.15) is 11.8 Å². The maximum Gasteiger partial charge on any atom is 0.322 e. The van der Waals surface area contributed by atoms with E-state index in [9.17, 15) is 4.79 Å². The third-order valence-corrected chi connectivity index (χ3v) is 2.08. The summed E-state index contributed by atoms with van der Waals surface area (Å²) in [6, 6.07) is 5.56. The number of benzene rings is 1. The Morgan fingerprint density at radius 1 is 1.47 bits per heavy atom. The van der Waals surface area contributed by atoms with E-state index in [1.165, 1.54) is 12.1 Å². The van der Waals surface area contributed by atoms with Crippen molar-refractivity contribution in [3.8, 4) is 5.75 Å². The fourth-order valence-corrected chi connectivity index (χ4v) is 1.19. The number of phenolic OH excluding ortho intramolecular Hbond substituents is 1. The highest BCUT2D eigenvalue weighted by molar-refractivity contribution is 5.74. The monoisotopic (exact) mass is 210 g/mol. The first kappa shape index (κ1) is 11.3. The molecule has 1 aromatic carbocycles. The van der Waals surface area contributed by atoms with Gasteiger partial charge in [0, 0.05) is 19.3 Å². The Bertz CT molecular complexity index is 337. The van der Waals surface area contributed by atoms with Crippen LogP contribution in [-0.2, 0) is 4.79 Å². The second-order valence-corrected chi connectivity index (χ2v) is 3.34. The van der Waals surface area contributed by atoms with Crippen molar-refractivity contribution >= 4 is 11.7 Å². The van der Waals surface area contributed by atoms with E-state index in [-0.39, 0.29) is 12.3 Å². The Labute approximate surface area is 87.7 Å². The van der Waals surface area contributed by atoms with Gasteiger partial charge in [-0.05, 0) is 24.3 Å². The van der Waals surface area contributed by atoms with Gasteiger partial charge >= 0.3 is 5.97 Å². The Kier molecular flexibility index (Phi) is 3.51. The number of carboxylic acid groups (broad SMARTS) is 1. The van der Waals surface area contributed by atoms with Gasteiger partial charge in [-0.3, -0.25) is 4.79 Å². The largest absolute Gasteiger partial charge is 0.508 e. The molecule has 0 bridgehead atoms. The van der Waals surface area contributed by atoms with Gasteiger partial charge in [0.05, 0.1) is 0 Å². The quantitative estimate of drug-likeness (QED) is 0.662. The Morgan fingerprint density at radius 2 is 2.00 bits per heavy atom. The lowest BCUT2D eigenvalue weighted by Gasteiger charge is -2.21. The number of hydrogen-bond acceptors (Lipinski definition) is 4. The molecule has 1 atom stereocenters. The summed E-state index contributed by atoms with van der Waals surface area (Å²) < 4.78 is 0. The van der Waals surface area contributed by atoms with Gasteiger partial charge in [-0.2, -0.15) is 0 Å². The average Bonchev–Trinajstić information content (AvgIpc) is 2.18. The van der Waals surface area contributed by atoms with E-state index in [2.05, 4.69) is 0 Å². The van der Waals surface area contributed by atoms with Crippen molar-refractivity contribution in [1.82, 2.24) is 0 Å². The number of rotatable bonds is 4. The van der Waals surface area contributed by atoms with E-state index in [1.54, 1.807) is 24.1 Å². The molecular formula is C10H14N2O3. The normalized spacial score (nSPS) is 12.1. The summed E-state index contributed by atoms with van der Waals surface area (Å²) in [7, 11) is 1.75. The zero-order valence-corrected chi connectivity index (χ0v) is 8.42. The summed E-state index contributed by atoms with van der Waals surface area (Å²) in [4.78, 5) is 12.2. The highest BCUT2D eigenvalue weighted by Gasteiger charge is 2.14. The van der Waals surface area contributed by atoms with Crippen LogP contribution in [0, 0.1) is 0 Å². The van der Waals surface area contributed by atoms with Crippen LogP contribution in [0.4, 0.5) is 5.69 Å². The number of aliphatic carboxylic acids is 1. The van der Waals surface area contributed by atoms with Crippen molar-refractivity contribution in [3.63, 3.8) is 0 Å². The summed E-state index contributed by atoms with van der Waals surface area (Å²) in [5, 5.41) is 17.7. The predicted molar refractivity (Wildman–Crippen MR) is 57.0 cm³/mol. The van der Waals surface area contributed by atoms with Gasteiger partial charge in [-0.1, -0.05) is 0 Å². The van der Waals surface area contributed by atoms with E-state index < -0.39 is 12.0 Å². The first-order valence-corrected chi connectivity index (χ1v) is 4.49. The number of hydrogen-bond donors (Lipinski definition) is 3. The lowest BCUT2D eigenvalue weighted by molar-refractivity contribution is -0.138. The van der Waals surface area contributed by atoms with Crippen LogP contribution >= 0.6 is 0 Å². The van der Waals surface area contributed by atoms with Crippen LogP contribution in [0.15, 0.2) is 24.3 Å². The highest BCUT2D eigenvalue weighted by atomic mass is 16.4. The second kappa shape index (κ2) is 4.65. The minimum atomic E-state index is -1.03. The number of aromatic hydroxyl groups is 1. The Balaban J connectivity index is 2.64. The summed E-state index contributed by atoms with van der Waals surface area (Å²) >= 11 is 0. The molecule has 0 aliphatic carbocycles. The van der Waals surface area contributed by atoms with Crippen molar-refractivity contribution < 1.29 is 15.0 Å². The molecule has 0 saturated carbocycles. The molecule has 0 aromatic heterocycles. The van der Waals surface area contributed by atoms with E-state index >= 15 is 0 Å². The molecule has 0 aliphatic heterocycles. The standard InChI is InChI=1S/C10H14N2O3/c1-12(6-9(11)10(14)15)7-2-4-8(13)5-3-7/h2-5,9,13H,6,11H2,1H3,(H,14,15). The SMILES string of the molecule is CN(CC(N)C(=O)O)c1ccc(O)cc1. The zero-order chi connectivity index (χ0) is 11.4. The third kappa shape index (κ3) is 3.14. The Hall–Kier alpha value is -1.75. The molecule has 82 valence electrons. The molecule has 1 unspecified atom stereocenters. The van der Waals surface area contributed by atoms with Crippen LogP contribution in [0.2, 0.25) is 0 Å². The molecule has 0 fully saturated rings. The highest BCUT2D eigenvalue weighted by Crippen LogP contribution is 2.16. The van der Waals surface area contributed by atoms with Crippen molar-refractivity contribution in [3.05, 3.63) is 24.3 Å². The number of nitrogens with two attached hydrogens (primary N) is 1. The summed E-state index contributed by atoms with van der Waals surface area (Å²) in [5.41, 5.74) is 6.20. The fourth-order valence-electron chi connectivity index (χ4n) is 1.19. The van der Waals surface area contributed by atoms with Gasteiger partial charge in [0.25, 0.3) is 0 Å². The summed E-state index contributed by atoms with van der Waals surface area (Å²) in [6.07, 6.45) is 0. The van der Waals surface area contributed by atoms with E-state index in [4.69, 9.17) is 15.9 Å². The van der Waals surface area contributed by atoms with Crippen LogP contribution in [0.25, 0.3) is 0 Å². The minimum Gasteiger partial charge on any atom is -0.508 e. The van der Waals surface area contributed by atoms with Gasteiger partial charge in [-0.25, -0.2) is 0 Å². The van der Waals surface area contributed by atoms with Gasteiger partial charge in [-0.15, -0.1) is 0 Å². The van der Waals surface area contributed by atoms with Crippen molar-refractivity contribution in [2.45, 2.75) is 6.04 Å². The van der Waals surface area contributed by atoms with Crippen LogP contribution in [0.1, 0.15) is 0 Å². The number of anilines is 1. The maximum absolute atomic E-state index is 10.5.